The molecule has 6 heteroatoms. The molecule has 0 bridgehead atoms. The fourth-order valence-corrected chi connectivity index (χ4v) is 1.76. The Labute approximate surface area is 111 Å². The molecule has 0 aromatic carbocycles. The standard InChI is InChI=1S/C13H20F3N3/c1-10(2)6-18-7-11-4-5-17-8-12(11)19(3)9-13(14,15)16/h4-5,8,10,18H,6-7,9H2,1-3H3. The second kappa shape index (κ2) is 6.75. The van der Waals surface area contributed by atoms with Crippen LogP contribution in [0, 0.1) is 5.92 Å². The van der Waals surface area contributed by atoms with Gasteiger partial charge in [-0.2, -0.15) is 13.2 Å². The molecule has 0 spiro atoms. The quantitative estimate of drug-likeness (QED) is 0.865. The van der Waals surface area contributed by atoms with Gasteiger partial charge in [0.1, 0.15) is 6.54 Å². The smallest absolute Gasteiger partial charge is 0.364 e. The highest BCUT2D eigenvalue weighted by Crippen LogP contribution is 2.23. The molecule has 0 aliphatic carbocycles. The molecule has 1 N–H and O–H groups in total. The van der Waals surface area contributed by atoms with E-state index >= 15 is 0 Å². The zero-order valence-electron chi connectivity index (χ0n) is 11.5. The van der Waals surface area contributed by atoms with E-state index in [1.165, 1.54) is 18.1 Å². The first-order valence-corrected chi connectivity index (χ1v) is 6.21. The topological polar surface area (TPSA) is 28.2 Å². The van der Waals surface area contributed by atoms with Crippen molar-refractivity contribution >= 4 is 5.69 Å². The third kappa shape index (κ3) is 5.92. The van der Waals surface area contributed by atoms with Gasteiger partial charge in [0.25, 0.3) is 0 Å². The fourth-order valence-electron chi connectivity index (χ4n) is 1.76. The third-order valence-corrected chi connectivity index (χ3v) is 2.58. The zero-order chi connectivity index (χ0) is 14.5. The lowest BCUT2D eigenvalue weighted by molar-refractivity contribution is -0.119. The first kappa shape index (κ1) is 15.8. The van der Waals surface area contributed by atoms with Gasteiger partial charge in [-0.05, 0) is 24.1 Å². The number of aromatic nitrogens is 1. The SMILES string of the molecule is CC(C)CNCc1ccncc1N(C)CC(F)(F)F. The highest BCUT2D eigenvalue weighted by Gasteiger charge is 2.30. The van der Waals surface area contributed by atoms with E-state index < -0.39 is 12.7 Å². The van der Waals surface area contributed by atoms with Crippen LogP contribution in [0.1, 0.15) is 19.4 Å². The zero-order valence-corrected chi connectivity index (χ0v) is 11.5. The molecule has 1 aromatic heterocycles. The van der Waals surface area contributed by atoms with Crippen molar-refractivity contribution in [1.29, 1.82) is 0 Å². The molecule has 0 aliphatic rings. The molecule has 0 fully saturated rings. The second-order valence-electron chi connectivity index (χ2n) is 5.00. The summed E-state index contributed by atoms with van der Waals surface area (Å²) in [6, 6.07) is 1.75. The Bertz CT molecular complexity index is 391. The molecule has 1 aromatic rings. The van der Waals surface area contributed by atoms with Crippen molar-refractivity contribution in [3.63, 3.8) is 0 Å². The van der Waals surface area contributed by atoms with Crippen molar-refractivity contribution in [3.8, 4) is 0 Å². The number of anilines is 1. The minimum Gasteiger partial charge on any atom is -0.364 e. The molecule has 0 amide bonds. The summed E-state index contributed by atoms with van der Waals surface area (Å²) >= 11 is 0. The molecule has 0 radical (unpaired) electrons. The Hall–Kier alpha value is -1.30. The summed E-state index contributed by atoms with van der Waals surface area (Å²) in [5.74, 6) is 0.498. The maximum atomic E-state index is 12.4. The van der Waals surface area contributed by atoms with Crippen LogP contribution in [0.5, 0.6) is 0 Å². The molecule has 108 valence electrons. The Balaban J connectivity index is 2.72. The van der Waals surface area contributed by atoms with Gasteiger partial charge in [0, 0.05) is 19.8 Å². The number of hydrogen-bond acceptors (Lipinski definition) is 3. The van der Waals surface area contributed by atoms with Gasteiger partial charge in [0.05, 0.1) is 11.9 Å². The van der Waals surface area contributed by atoms with Gasteiger partial charge in [-0.25, -0.2) is 0 Å². The Kier molecular flexibility index (Phi) is 5.60. The van der Waals surface area contributed by atoms with E-state index in [9.17, 15) is 13.2 Å². The van der Waals surface area contributed by atoms with E-state index in [2.05, 4.69) is 24.1 Å². The van der Waals surface area contributed by atoms with Crippen LogP contribution in [0.2, 0.25) is 0 Å². The van der Waals surface area contributed by atoms with Crippen LogP contribution in [0.3, 0.4) is 0 Å². The Morgan fingerprint density at radius 1 is 1.37 bits per heavy atom. The van der Waals surface area contributed by atoms with Crippen LogP contribution in [-0.4, -0.2) is 31.3 Å². The monoisotopic (exact) mass is 275 g/mol. The first-order chi connectivity index (χ1) is 8.79. The average Bonchev–Trinajstić information content (AvgIpc) is 2.26. The fraction of sp³-hybridized carbons (Fsp3) is 0.615. The Morgan fingerprint density at radius 3 is 2.63 bits per heavy atom. The lowest BCUT2D eigenvalue weighted by Gasteiger charge is -2.23. The molecular formula is C13H20F3N3. The first-order valence-electron chi connectivity index (χ1n) is 6.21. The largest absolute Gasteiger partial charge is 0.405 e. The molecule has 0 saturated carbocycles. The van der Waals surface area contributed by atoms with Crippen LogP contribution in [0.15, 0.2) is 18.5 Å². The average molecular weight is 275 g/mol. The van der Waals surface area contributed by atoms with Gasteiger partial charge < -0.3 is 10.2 Å². The third-order valence-electron chi connectivity index (χ3n) is 2.58. The normalized spacial score (nSPS) is 11.9. The maximum Gasteiger partial charge on any atom is 0.405 e. The van der Waals surface area contributed by atoms with E-state index in [4.69, 9.17) is 0 Å². The molecule has 0 atom stereocenters. The van der Waals surface area contributed by atoms with E-state index in [1.54, 1.807) is 12.3 Å². The van der Waals surface area contributed by atoms with Gasteiger partial charge in [-0.1, -0.05) is 13.8 Å². The minimum absolute atomic E-state index is 0.498. The van der Waals surface area contributed by atoms with Gasteiger partial charge in [0.15, 0.2) is 0 Å². The maximum absolute atomic E-state index is 12.4. The molecule has 3 nitrogen and oxygen atoms in total. The molecule has 1 heterocycles. The number of pyridine rings is 1. The number of nitrogens with one attached hydrogen (secondary N) is 1. The lowest BCUT2D eigenvalue weighted by atomic mass is 10.2. The van der Waals surface area contributed by atoms with Crippen LogP contribution in [-0.2, 0) is 6.54 Å². The Morgan fingerprint density at radius 2 is 2.05 bits per heavy atom. The highest BCUT2D eigenvalue weighted by molar-refractivity contribution is 5.51. The predicted octanol–water partition coefficient (Wildman–Crippen LogP) is 2.83. The lowest BCUT2D eigenvalue weighted by Crippen LogP contribution is -2.32. The summed E-state index contributed by atoms with van der Waals surface area (Å²) in [5, 5.41) is 3.22. The minimum atomic E-state index is -4.22. The second-order valence-corrected chi connectivity index (χ2v) is 5.00. The number of alkyl halides is 3. The van der Waals surface area contributed by atoms with E-state index in [0.717, 1.165) is 12.1 Å². The van der Waals surface area contributed by atoms with Crippen LogP contribution < -0.4 is 10.2 Å². The molecule has 19 heavy (non-hydrogen) atoms. The molecule has 0 unspecified atom stereocenters. The van der Waals surface area contributed by atoms with Crippen molar-refractivity contribution < 1.29 is 13.2 Å². The predicted molar refractivity (Wildman–Crippen MR) is 70.1 cm³/mol. The molecular weight excluding hydrogens is 255 g/mol. The van der Waals surface area contributed by atoms with E-state index in [1.807, 2.05) is 0 Å². The van der Waals surface area contributed by atoms with Crippen LogP contribution >= 0.6 is 0 Å². The van der Waals surface area contributed by atoms with Gasteiger partial charge in [-0.3, -0.25) is 4.98 Å². The number of hydrogen-bond donors (Lipinski definition) is 1. The molecule has 0 saturated heterocycles. The van der Waals surface area contributed by atoms with Crippen LogP contribution in [0.25, 0.3) is 0 Å². The summed E-state index contributed by atoms with van der Waals surface area (Å²) < 4.78 is 37.2. The molecule has 0 aliphatic heterocycles. The van der Waals surface area contributed by atoms with Crippen molar-refractivity contribution in [2.75, 3.05) is 25.0 Å². The van der Waals surface area contributed by atoms with Crippen molar-refractivity contribution in [3.05, 3.63) is 24.0 Å². The number of nitrogens with zero attached hydrogens (tertiary/aromatic N) is 2. The number of rotatable bonds is 6. The summed E-state index contributed by atoms with van der Waals surface area (Å²) in [4.78, 5) is 5.08. The van der Waals surface area contributed by atoms with Crippen molar-refractivity contribution in [2.24, 2.45) is 5.92 Å². The summed E-state index contributed by atoms with van der Waals surface area (Å²) in [5.41, 5.74) is 1.33. The van der Waals surface area contributed by atoms with E-state index in [0.29, 0.717) is 18.2 Å². The van der Waals surface area contributed by atoms with Gasteiger partial charge in [-0.15, -0.1) is 0 Å². The number of halogens is 3. The van der Waals surface area contributed by atoms with Crippen molar-refractivity contribution in [1.82, 2.24) is 10.3 Å². The highest BCUT2D eigenvalue weighted by atomic mass is 19.4. The molecule has 1 rings (SSSR count). The summed E-state index contributed by atoms with van der Waals surface area (Å²) in [7, 11) is 1.43. The summed E-state index contributed by atoms with van der Waals surface area (Å²) in [6.07, 6.45) is -1.15. The van der Waals surface area contributed by atoms with Crippen LogP contribution in [0.4, 0.5) is 18.9 Å². The summed E-state index contributed by atoms with van der Waals surface area (Å²) in [6.45, 7) is 4.55. The van der Waals surface area contributed by atoms with E-state index in [-0.39, 0.29) is 0 Å². The van der Waals surface area contributed by atoms with Gasteiger partial charge >= 0.3 is 6.18 Å². The van der Waals surface area contributed by atoms with Crippen molar-refractivity contribution in [2.45, 2.75) is 26.6 Å². The van der Waals surface area contributed by atoms with Gasteiger partial charge in [0.2, 0.25) is 0 Å².